The average molecular weight is 699 g/mol. The molecular weight excluding hydrogens is 624 g/mol. The van der Waals surface area contributed by atoms with Crippen molar-refractivity contribution in [2.24, 2.45) is 0 Å². The van der Waals surface area contributed by atoms with Crippen molar-refractivity contribution < 1.29 is 44.2 Å². The fraction of sp³-hybridized carbons (Fsp3) is 0.875. The first-order chi connectivity index (χ1) is 23.9. The van der Waals surface area contributed by atoms with E-state index >= 15 is 0 Å². The first kappa shape index (κ1) is 45.7. The molecule has 0 saturated carbocycles. The summed E-state index contributed by atoms with van der Waals surface area (Å²) >= 11 is 0. The quantitative estimate of drug-likeness (QED) is 0.0307. The van der Waals surface area contributed by atoms with E-state index in [1.807, 2.05) is 0 Å². The number of rotatable bonds is 33. The van der Waals surface area contributed by atoms with E-state index in [4.69, 9.17) is 18.9 Å². The first-order valence-electron chi connectivity index (χ1n) is 19.9. The van der Waals surface area contributed by atoms with Crippen LogP contribution in [0.15, 0.2) is 24.3 Å². The van der Waals surface area contributed by atoms with Crippen LogP contribution in [0.25, 0.3) is 0 Å². The van der Waals surface area contributed by atoms with Gasteiger partial charge < -0.3 is 39.4 Å². The van der Waals surface area contributed by atoms with Crippen LogP contribution in [0.1, 0.15) is 162 Å². The summed E-state index contributed by atoms with van der Waals surface area (Å²) in [5.41, 5.74) is 0. The van der Waals surface area contributed by atoms with E-state index in [1.165, 1.54) is 83.5 Å². The van der Waals surface area contributed by atoms with Crippen LogP contribution in [0.5, 0.6) is 0 Å². The molecule has 1 aliphatic rings. The fourth-order valence-corrected chi connectivity index (χ4v) is 5.89. The van der Waals surface area contributed by atoms with Crippen LogP contribution < -0.4 is 0 Å². The molecule has 0 spiro atoms. The van der Waals surface area contributed by atoms with Gasteiger partial charge in [0.2, 0.25) is 0 Å². The molecule has 1 rings (SSSR count). The van der Waals surface area contributed by atoms with Crippen LogP contribution in [0.2, 0.25) is 0 Å². The molecule has 4 N–H and O–H groups in total. The van der Waals surface area contributed by atoms with E-state index in [2.05, 4.69) is 38.2 Å². The number of carbonyl (C=O) groups is 1. The minimum atomic E-state index is -1.54. The van der Waals surface area contributed by atoms with Gasteiger partial charge in [-0.2, -0.15) is 0 Å². The summed E-state index contributed by atoms with van der Waals surface area (Å²) in [6.45, 7) is 4.49. The van der Waals surface area contributed by atoms with Gasteiger partial charge in [-0.15, -0.1) is 0 Å². The Bertz CT molecular complexity index is 803. The van der Waals surface area contributed by atoms with Gasteiger partial charge in [-0.1, -0.05) is 115 Å². The highest BCUT2D eigenvalue weighted by molar-refractivity contribution is 5.69. The summed E-state index contributed by atoms with van der Waals surface area (Å²) in [6.07, 6.45) is 27.7. The summed E-state index contributed by atoms with van der Waals surface area (Å²) in [5.74, 6) is -0.326. The lowest BCUT2D eigenvalue weighted by Crippen LogP contribution is -2.59. The third kappa shape index (κ3) is 24.5. The summed E-state index contributed by atoms with van der Waals surface area (Å²) < 4.78 is 22.7. The molecule has 0 aromatic carbocycles. The first-order valence-corrected chi connectivity index (χ1v) is 19.9. The molecule has 9 nitrogen and oxygen atoms in total. The highest BCUT2D eigenvalue weighted by Gasteiger charge is 2.44. The standard InChI is InChI=1S/C40H74O9/c1-3-5-7-9-11-13-15-17-19-21-23-25-27-29-36(42)48-34(33-47-40-39(45)38(44)37(43)35(31-41)49-40)32-46-30-28-26-24-22-20-18-16-14-12-10-8-6-4-2/h12-15,34-35,37-41,43-45H,3-11,16-33H2,1-2H3/b14-12-,15-13-. The lowest BCUT2D eigenvalue weighted by molar-refractivity contribution is -0.305. The van der Waals surface area contributed by atoms with Crippen molar-refractivity contribution in [1.82, 2.24) is 0 Å². The second-order valence-corrected chi connectivity index (χ2v) is 13.7. The lowest BCUT2D eigenvalue weighted by atomic mass is 9.99. The zero-order valence-electron chi connectivity index (χ0n) is 31.2. The van der Waals surface area contributed by atoms with Crippen LogP contribution >= 0.6 is 0 Å². The topological polar surface area (TPSA) is 135 Å². The molecule has 49 heavy (non-hydrogen) atoms. The van der Waals surface area contributed by atoms with Gasteiger partial charge in [0, 0.05) is 13.0 Å². The molecule has 0 aromatic rings. The molecule has 288 valence electrons. The Kier molecular flexibility index (Phi) is 30.4. The number of unbranched alkanes of at least 4 members (excludes halogenated alkanes) is 18. The van der Waals surface area contributed by atoms with Crippen molar-refractivity contribution in [2.75, 3.05) is 26.4 Å². The zero-order valence-corrected chi connectivity index (χ0v) is 31.2. The molecular formula is C40H74O9. The van der Waals surface area contributed by atoms with Gasteiger partial charge in [0.1, 0.15) is 30.5 Å². The Morgan fingerprint density at radius 2 is 1.12 bits per heavy atom. The Balaban J connectivity index is 2.33. The van der Waals surface area contributed by atoms with Crippen molar-refractivity contribution in [3.05, 3.63) is 24.3 Å². The largest absolute Gasteiger partial charge is 0.457 e. The third-order valence-electron chi connectivity index (χ3n) is 9.09. The maximum absolute atomic E-state index is 12.7. The van der Waals surface area contributed by atoms with E-state index in [-0.39, 0.29) is 19.2 Å². The molecule has 0 amide bonds. The van der Waals surface area contributed by atoms with E-state index in [0.717, 1.165) is 57.8 Å². The monoisotopic (exact) mass is 699 g/mol. The molecule has 0 aromatic heterocycles. The van der Waals surface area contributed by atoms with Gasteiger partial charge in [0.15, 0.2) is 6.29 Å². The van der Waals surface area contributed by atoms with Crippen molar-refractivity contribution in [3.8, 4) is 0 Å². The van der Waals surface area contributed by atoms with Crippen molar-refractivity contribution in [2.45, 2.75) is 198 Å². The van der Waals surface area contributed by atoms with Gasteiger partial charge in [-0.3, -0.25) is 4.79 Å². The summed E-state index contributed by atoms with van der Waals surface area (Å²) in [6, 6.07) is 0. The van der Waals surface area contributed by atoms with Gasteiger partial charge >= 0.3 is 5.97 Å². The maximum atomic E-state index is 12.7. The van der Waals surface area contributed by atoms with Crippen molar-refractivity contribution in [1.29, 1.82) is 0 Å². The maximum Gasteiger partial charge on any atom is 0.306 e. The Hall–Kier alpha value is -1.33. The highest BCUT2D eigenvalue weighted by Crippen LogP contribution is 2.22. The molecule has 1 heterocycles. The van der Waals surface area contributed by atoms with E-state index in [9.17, 15) is 25.2 Å². The van der Waals surface area contributed by atoms with Gasteiger partial charge in [-0.05, 0) is 64.2 Å². The molecule has 0 aliphatic carbocycles. The van der Waals surface area contributed by atoms with Crippen molar-refractivity contribution in [3.63, 3.8) is 0 Å². The molecule has 0 bridgehead atoms. The smallest absolute Gasteiger partial charge is 0.306 e. The van der Waals surface area contributed by atoms with Crippen LogP contribution in [0.3, 0.4) is 0 Å². The lowest BCUT2D eigenvalue weighted by Gasteiger charge is -2.39. The number of aliphatic hydroxyl groups excluding tert-OH is 4. The van der Waals surface area contributed by atoms with Crippen LogP contribution in [0.4, 0.5) is 0 Å². The number of aliphatic hydroxyl groups is 4. The van der Waals surface area contributed by atoms with E-state index in [0.29, 0.717) is 13.0 Å². The zero-order chi connectivity index (χ0) is 35.8. The molecule has 9 heteroatoms. The minimum absolute atomic E-state index is 0.117. The van der Waals surface area contributed by atoms with Crippen LogP contribution in [-0.4, -0.2) is 89.6 Å². The fourth-order valence-electron chi connectivity index (χ4n) is 5.89. The number of esters is 1. The molecule has 0 radical (unpaired) electrons. The molecule has 6 unspecified atom stereocenters. The highest BCUT2D eigenvalue weighted by atomic mass is 16.7. The predicted octanol–water partition coefficient (Wildman–Crippen LogP) is 7.86. The van der Waals surface area contributed by atoms with Crippen LogP contribution in [-0.2, 0) is 23.7 Å². The summed E-state index contributed by atoms with van der Waals surface area (Å²) in [7, 11) is 0. The molecule has 1 aliphatic heterocycles. The van der Waals surface area contributed by atoms with Gasteiger partial charge in [0.05, 0.1) is 19.8 Å². The second-order valence-electron chi connectivity index (χ2n) is 13.7. The van der Waals surface area contributed by atoms with E-state index < -0.39 is 43.4 Å². The van der Waals surface area contributed by atoms with Gasteiger partial charge in [-0.25, -0.2) is 0 Å². The van der Waals surface area contributed by atoms with Crippen LogP contribution in [0, 0.1) is 0 Å². The Labute approximate surface area is 298 Å². The third-order valence-corrected chi connectivity index (χ3v) is 9.09. The number of hydrogen-bond acceptors (Lipinski definition) is 9. The molecule has 1 fully saturated rings. The predicted molar refractivity (Wildman–Crippen MR) is 196 cm³/mol. The number of allylic oxidation sites excluding steroid dienone is 4. The number of carbonyl (C=O) groups excluding carboxylic acids is 1. The Morgan fingerprint density at radius 3 is 1.69 bits per heavy atom. The SMILES string of the molecule is CCCCC/C=C\CCCCCCCCOCC(COC1OC(CO)C(O)C(O)C1O)OC(=O)CCCCCCC/C=C\CCCCCC. The second kappa shape index (κ2) is 32.6. The normalized spacial score (nSPS) is 22.0. The minimum Gasteiger partial charge on any atom is -0.457 e. The number of hydrogen-bond donors (Lipinski definition) is 4. The summed E-state index contributed by atoms with van der Waals surface area (Å²) in [5, 5.41) is 39.9. The van der Waals surface area contributed by atoms with E-state index in [1.54, 1.807) is 0 Å². The average Bonchev–Trinajstić information content (AvgIpc) is 3.10. The Morgan fingerprint density at radius 1 is 0.633 bits per heavy atom. The van der Waals surface area contributed by atoms with Gasteiger partial charge in [0.25, 0.3) is 0 Å². The summed E-state index contributed by atoms with van der Waals surface area (Å²) in [4.78, 5) is 12.7. The number of ether oxygens (including phenoxy) is 4. The molecule has 1 saturated heterocycles. The molecule has 6 atom stereocenters. The van der Waals surface area contributed by atoms with Crippen molar-refractivity contribution >= 4 is 5.97 Å².